The Kier molecular flexibility index (Phi) is 3.46. The summed E-state index contributed by atoms with van der Waals surface area (Å²) in [7, 11) is 0. The molecule has 0 atom stereocenters. The lowest BCUT2D eigenvalue weighted by Gasteiger charge is -2.36. The summed E-state index contributed by atoms with van der Waals surface area (Å²) in [4.78, 5) is 8.64. The third kappa shape index (κ3) is 2.35. The van der Waals surface area contributed by atoms with E-state index in [1.807, 2.05) is 6.07 Å². The summed E-state index contributed by atoms with van der Waals surface area (Å²) in [6.07, 6.45) is 11.7. The summed E-state index contributed by atoms with van der Waals surface area (Å²) in [5, 5.41) is 0.920. The lowest BCUT2D eigenvalue weighted by atomic mass is 9.69. The van der Waals surface area contributed by atoms with Crippen LogP contribution in [0.3, 0.4) is 0 Å². The average molecular weight is 361 g/mol. The predicted molar refractivity (Wildman–Crippen MR) is 110 cm³/mol. The number of nitrogens with zero attached hydrogens (tertiary/aromatic N) is 3. The Hall–Kier alpha value is -2.36. The molecule has 1 spiro atoms. The van der Waals surface area contributed by atoms with E-state index in [9.17, 15) is 0 Å². The van der Waals surface area contributed by atoms with Crippen molar-refractivity contribution in [2.45, 2.75) is 70.1 Å². The number of nitrogen functional groups attached to an aromatic ring is 1. The standard InChI is InChI=1S/C23H28N4/c1-15-11-16(27-10-7-17-20(24)25-14-26-21(17)27)12-18-19(15)22(2,3)13-23(18)8-5-4-6-9-23/h7,10-12,14H,4-6,8-9,13H2,1-3H3,(H2,24,25,26). The zero-order chi connectivity index (χ0) is 18.8. The van der Waals surface area contributed by atoms with Crippen LogP contribution in [0.4, 0.5) is 5.82 Å². The SMILES string of the molecule is Cc1cc(-n2ccc3c(N)ncnc32)cc2c1C(C)(C)CC21CCCCC1. The number of anilines is 1. The topological polar surface area (TPSA) is 56.7 Å². The van der Waals surface area contributed by atoms with Crippen LogP contribution in [0.5, 0.6) is 0 Å². The second kappa shape index (κ2) is 5.57. The van der Waals surface area contributed by atoms with Crippen LogP contribution in [0.1, 0.15) is 69.1 Å². The first-order chi connectivity index (χ1) is 12.9. The maximum Gasteiger partial charge on any atom is 0.150 e. The van der Waals surface area contributed by atoms with Gasteiger partial charge >= 0.3 is 0 Å². The molecule has 2 aliphatic carbocycles. The molecule has 1 fully saturated rings. The van der Waals surface area contributed by atoms with E-state index < -0.39 is 0 Å². The average Bonchev–Trinajstić information content (AvgIpc) is 3.14. The van der Waals surface area contributed by atoms with Gasteiger partial charge < -0.3 is 10.3 Å². The number of nitrogens with two attached hydrogens (primary N) is 1. The molecule has 1 saturated carbocycles. The third-order valence-electron chi connectivity index (χ3n) is 6.95. The normalized spacial score (nSPS) is 20.3. The maximum absolute atomic E-state index is 6.05. The molecule has 5 rings (SSSR count). The van der Waals surface area contributed by atoms with Crippen LogP contribution in [0, 0.1) is 6.92 Å². The van der Waals surface area contributed by atoms with Crippen molar-refractivity contribution in [1.29, 1.82) is 0 Å². The number of hydrogen-bond acceptors (Lipinski definition) is 3. The first-order valence-electron chi connectivity index (χ1n) is 10.1. The molecular formula is C23H28N4. The van der Waals surface area contributed by atoms with Crippen molar-refractivity contribution in [3.8, 4) is 5.69 Å². The van der Waals surface area contributed by atoms with E-state index in [0.29, 0.717) is 11.2 Å². The zero-order valence-electron chi connectivity index (χ0n) is 16.5. The molecule has 2 aromatic heterocycles. The van der Waals surface area contributed by atoms with Gasteiger partial charge in [0.25, 0.3) is 0 Å². The van der Waals surface area contributed by atoms with Gasteiger partial charge in [0.1, 0.15) is 17.8 Å². The Labute approximate surface area is 160 Å². The first kappa shape index (κ1) is 16.8. The fourth-order valence-electron chi connectivity index (χ4n) is 6.11. The van der Waals surface area contributed by atoms with Crippen LogP contribution in [-0.2, 0) is 10.8 Å². The predicted octanol–water partition coefficient (Wildman–Crippen LogP) is 5.19. The van der Waals surface area contributed by atoms with E-state index in [4.69, 9.17) is 5.73 Å². The quantitative estimate of drug-likeness (QED) is 0.649. The van der Waals surface area contributed by atoms with Crippen LogP contribution < -0.4 is 5.73 Å². The van der Waals surface area contributed by atoms with E-state index >= 15 is 0 Å². The summed E-state index contributed by atoms with van der Waals surface area (Å²) >= 11 is 0. The molecule has 2 N–H and O–H groups in total. The molecule has 0 saturated heterocycles. The molecule has 0 amide bonds. The van der Waals surface area contributed by atoms with Crippen molar-refractivity contribution in [3.05, 3.63) is 47.4 Å². The fraction of sp³-hybridized carbons (Fsp3) is 0.478. The number of rotatable bonds is 1. The Morgan fingerprint density at radius 2 is 1.85 bits per heavy atom. The highest BCUT2D eigenvalue weighted by Crippen LogP contribution is 2.57. The summed E-state index contributed by atoms with van der Waals surface area (Å²) in [5.74, 6) is 0.543. The maximum atomic E-state index is 6.05. The molecule has 27 heavy (non-hydrogen) atoms. The van der Waals surface area contributed by atoms with Crippen LogP contribution >= 0.6 is 0 Å². The van der Waals surface area contributed by atoms with Gasteiger partial charge in [0.15, 0.2) is 0 Å². The Morgan fingerprint density at radius 1 is 1.07 bits per heavy atom. The minimum Gasteiger partial charge on any atom is -0.383 e. The van der Waals surface area contributed by atoms with Gasteiger partial charge in [-0.05, 0) is 71.9 Å². The molecule has 2 aliphatic rings. The highest BCUT2D eigenvalue weighted by Gasteiger charge is 2.48. The number of fused-ring (bicyclic) bond motifs is 3. The molecule has 4 heteroatoms. The number of aromatic nitrogens is 3. The summed E-state index contributed by atoms with van der Waals surface area (Å²) < 4.78 is 2.17. The van der Waals surface area contributed by atoms with Crippen molar-refractivity contribution >= 4 is 16.9 Å². The van der Waals surface area contributed by atoms with Gasteiger partial charge in [-0.15, -0.1) is 0 Å². The minimum absolute atomic E-state index is 0.251. The summed E-state index contributed by atoms with van der Waals surface area (Å²) in [6, 6.07) is 6.79. The number of aryl methyl sites for hydroxylation is 1. The van der Waals surface area contributed by atoms with Crippen LogP contribution in [0.2, 0.25) is 0 Å². The first-order valence-corrected chi connectivity index (χ1v) is 10.1. The largest absolute Gasteiger partial charge is 0.383 e. The van der Waals surface area contributed by atoms with Gasteiger partial charge in [-0.2, -0.15) is 0 Å². The summed E-state index contributed by atoms with van der Waals surface area (Å²) in [6.45, 7) is 7.14. The van der Waals surface area contributed by atoms with Crippen LogP contribution in [0.25, 0.3) is 16.7 Å². The fourth-order valence-corrected chi connectivity index (χ4v) is 6.11. The number of benzene rings is 1. The van der Waals surface area contributed by atoms with Gasteiger partial charge in [-0.3, -0.25) is 0 Å². The van der Waals surface area contributed by atoms with Crippen molar-refractivity contribution < 1.29 is 0 Å². The smallest absolute Gasteiger partial charge is 0.150 e. The molecule has 4 nitrogen and oxygen atoms in total. The van der Waals surface area contributed by atoms with Gasteiger partial charge in [-0.1, -0.05) is 33.1 Å². The molecule has 0 unspecified atom stereocenters. The molecule has 1 aromatic carbocycles. The second-order valence-corrected chi connectivity index (χ2v) is 9.27. The minimum atomic E-state index is 0.251. The van der Waals surface area contributed by atoms with E-state index in [0.717, 1.165) is 11.0 Å². The van der Waals surface area contributed by atoms with Crippen molar-refractivity contribution in [2.75, 3.05) is 5.73 Å². The monoisotopic (exact) mass is 360 g/mol. The molecule has 0 bridgehead atoms. The van der Waals surface area contributed by atoms with Crippen molar-refractivity contribution in [1.82, 2.24) is 14.5 Å². The van der Waals surface area contributed by atoms with Crippen LogP contribution in [0.15, 0.2) is 30.7 Å². The molecular weight excluding hydrogens is 332 g/mol. The molecule has 0 aliphatic heterocycles. The molecule has 2 heterocycles. The Bertz CT molecular complexity index is 1040. The Morgan fingerprint density at radius 3 is 2.63 bits per heavy atom. The van der Waals surface area contributed by atoms with Gasteiger partial charge in [0.2, 0.25) is 0 Å². The van der Waals surface area contributed by atoms with Gasteiger partial charge in [-0.25, -0.2) is 9.97 Å². The third-order valence-corrected chi connectivity index (χ3v) is 6.95. The molecule has 140 valence electrons. The van der Waals surface area contributed by atoms with E-state index in [-0.39, 0.29) is 5.41 Å². The van der Waals surface area contributed by atoms with E-state index in [1.54, 1.807) is 17.5 Å². The highest BCUT2D eigenvalue weighted by atomic mass is 15.1. The van der Waals surface area contributed by atoms with Crippen molar-refractivity contribution in [3.63, 3.8) is 0 Å². The van der Waals surface area contributed by atoms with Gasteiger partial charge in [0.05, 0.1) is 5.39 Å². The van der Waals surface area contributed by atoms with Crippen molar-refractivity contribution in [2.24, 2.45) is 0 Å². The van der Waals surface area contributed by atoms with Crippen LogP contribution in [-0.4, -0.2) is 14.5 Å². The van der Waals surface area contributed by atoms with Gasteiger partial charge in [0, 0.05) is 11.9 Å². The lowest BCUT2D eigenvalue weighted by molar-refractivity contribution is 0.257. The highest BCUT2D eigenvalue weighted by molar-refractivity contribution is 5.87. The lowest BCUT2D eigenvalue weighted by Crippen LogP contribution is -2.28. The summed E-state index contributed by atoms with van der Waals surface area (Å²) in [5.41, 5.74) is 13.3. The number of hydrogen-bond donors (Lipinski definition) is 1. The molecule has 0 radical (unpaired) electrons. The molecule has 3 aromatic rings. The van der Waals surface area contributed by atoms with E-state index in [1.165, 1.54) is 49.8 Å². The second-order valence-electron chi connectivity index (χ2n) is 9.27. The van der Waals surface area contributed by atoms with E-state index in [2.05, 4.69) is 53.6 Å². The Balaban J connectivity index is 1.74. The zero-order valence-corrected chi connectivity index (χ0v) is 16.5.